The van der Waals surface area contributed by atoms with Crippen LogP contribution >= 0.6 is 0 Å². The first-order valence-corrected chi connectivity index (χ1v) is 6.80. The number of hydrogen-bond donors (Lipinski definition) is 2. The molecule has 0 spiro atoms. The molecule has 1 aliphatic rings. The zero-order chi connectivity index (χ0) is 14.8. The van der Waals surface area contributed by atoms with Crippen molar-refractivity contribution in [1.29, 1.82) is 0 Å². The zero-order valence-electron chi connectivity index (χ0n) is 11.3. The summed E-state index contributed by atoms with van der Waals surface area (Å²) in [7, 11) is 0. The standard InChI is InChI=1S/C15H15N3O3/c19-14(10-3-5-11(6-4-10)15(20)21)18-9-1-2-12(18)13-16-7-8-17-13/h3-8,12H,1-2,9H2,(H,16,17)(H,20,21). The number of carbonyl (C=O) groups excluding carboxylic acids is 1. The van der Waals surface area contributed by atoms with Gasteiger partial charge in [-0.05, 0) is 37.1 Å². The van der Waals surface area contributed by atoms with Gasteiger partial charge in [0.25, 0.3) is 5.91 Å². The van der Waals surface area contributed by atoms with Crippen LogP contribution in [-0.4, -0.2) is 38.4 Å². The molecule has 2 aromatic rings. The lowest BCUT2D eigenvalue weighted by atomic mass is 10.1. The van der Waals surface area contributed by atoms with Gasteiger partial charge >= 0.3 is 5.97 Å². The Hall–Kier alpha value is -2.63. The topological polar surface area (TPSA) is 86.3 Å². The molecule has 0 aliphatic carbocycles. The second-order valence-corrected chi connectivity index (χ2v) is 5.01. The number of nitrogens with zero attached hydrogens (tertiary/aromatic N) is 2. The third kappa shape index (κ3) is 2.52. The lowest BCUT2D eigenvalue weighted by Crippen LogP contribution is -2.31. The van der Waals surface area contributed by atoms with Gasteiger partial charge in [0, 0.05) is 24.5 Å². The molecule has 6 heteroatoms. The Bertz CT molecular complexity index is 649. The van der Waals surface area contributed by atoms with Crippen molar-refractivity contribution in [3.05, 3.63) is 53.6 Å². The number of benzene rings is 1. The molecule has 0 radical (unpaired) electrons. The number of amides is 1. The van der Waals surface area contributed by atoms with Crippen molar-refractivity contribution in [2.24, 2.45) is 0 Å². The van der Waals surface area contributed by atoms with Gasteiger partial charge in [-0.15, -0.1) is 0 Å². The van der Waals surface area contributed by atoms with Crippen LogP contribution in [0, 0.1) is 0 Å². The summed E-state index contributed by atoms with van der Waals surface area (Å²) in [6, 6.07) is 5.99. The summed E-state index contributed by atoms with van der Waals surface area (Å²) < 4.78 is 0. The van der Waals surface area contributed by atoms with Crippen molar-refractivity contribution in [2.45, 2.75) is 18.9 Å². The highest BCUT2D eigenvalue weighted by Crippen LogP contribution is 2.31. The van der Waals surface area contributed by atoms with Crippen LogP contribution in [0.2, 0.25) is 0 Å². The largest absolute Gasteiger partial charge is 0.478 e. The second kappa shape index (κ2) is 5.40. The average molecular weight is 285 g/mol. The molecule has 1 saturated heterocycles. The van der Waals surface area contributed by atoms with Crippen molar-refractivity contribution in [2.75, 3.05) is 6.54 Å². The van der Waals surface area contributed by atoms with Gasteiger partial charge in [0.05, 0.1) is 11.6 Å². The lowest BCUT2D eigenvalue weighted by Gasteiger charge is -2.23. The maximum atomic E-state index is 12.6. The molecule has 3 rings (SSSR count). The van der Waals surface area contributed by atoms with Gasteiger partial charge < -0.3 is 15.0 Å². The van der Waals surface area contributed by atoms with Crippen molar-refractivity contribution in [3.8, 4) is 0 Å². The Morgan fingerprint density at radius 2 is 1.95 bits per heavy atom. The summed E-state index contributed by atoms with van der Waals surface area (Å²) in [6.45, 7) is 0.685. The Morgan fingerprint density at radius 1 is 1.24 bits per heavy atom. The van der Waals surface area contributed by atoms with Crippen LogP contribution in [0.5, 0.6) is 0 Å². The number of carboxylic acid groups (broad SMARTS) is 1. The molecule has 1 aromatic carbocycles. The van der Waals surface area contributed by atoms with Gasteiger partial charge in [-0.1, -0.05) is 0 Å². The molecule has 1 aromatic heterocycles. The van der Waals surface area contributed by atoms with Crippen LogP contribution in [0.25, 0.3) is 0 Å². The summed E-state index contributed by atoms with van der Waals surface area (Å²) in [5.41, 5.74) is 0.675. The fourth-order valence-corrected chi connectivity index (χ4v) is 2.67. The van der Waals surface area contributed by atoms with Gasteiger partial charge in [0.2, 0.25) is 0 Å². The molecule has 1 aliphatic heterocycles. The quantitative estimate of drug-likeness (QED) is 0.904. The number of rotatable bonds is 3. The molecular formula is C15H15N3O3. The van der Waals surface area contributed by atoms with Crippen LogP contribution in [-0.2, 0) is 0 Å². The van der Waals surface area contributed by atoms with Crippen LogP contribution in [0.3, 0.4) is 0 Å². The van der Waals surface area contributed by atoms with Crippen LogP contribution in [0.1, 0.15) is 45.4 Å². The van der Waals surface area contributed by atoms with E-state index >= 15 is 0 Å². The molecule has 1 atom stereocenters. The molecule has 1 amide bonds. The Labute approximate surface area is 121 Å². The number of carbonyl (C=O) groups is 2. The normalized spacial score (nSPS) is 17.9. The Morgan fingerprint density at radius 3 is 2.57 bits per heavy atom. The third-order valence-electron chi connectivity index (χ3n) is 3.73. The molecule has 1 fully saturated rings. The number of hydrogen-bond acceptors (Lipinski definition) is 3. The first kappa shape index (κ1) is 13.4. The Balaban J connectivity index is 1.82. The maximum Gasteiger partial charge on any atom is 0.335 e. The first-order chi connectivity index (χ1) is 10.2. The number of nitrogens with one attached hydrogen (secondary N) is 1. The minimum Gasteiger partial charge on any atom is -0.478 e. The zero-order valence-corrected chi connectivity index (χ0v) is 11.3. The number of H-pyrrole nitrogens is 1. The van der Waals surface area contributed by atoms with E-state index in [-0.39, 0.29) is 17.5 Å². The molecule has 0 saturated carbocycles. The minimum absolute atomic E-state index is 0.0355. The van der Waals surface area contributed by atoms with Crippen LogP contribution in [0.4, 0.5) is 0 Å². The smallest absolute Gasteiger partial charge is 0.335 e. The second-order valence-electron chi connectivity index (χ2n) is 5.01. The number of carboxylic acids is 1. The molecule has 2 heterocycles. The van der Waals surface area contributed by atoms with E-state index in [0.717, 1.165) is 18.7 Å². The summed E-state index contributed by atoms with van der Waals surface area (Å²) in [6.07, 6.45) is 5.24. The predicted molar refractivity (Wildman–Crippen MR) is 75.0 cm³/mol. The monoisotopic (exact) mass is 285 g/mol. The minimum atomic E-state index is -0.997. The summed E-state index contributed by atoms with van der Waals surface area (Å²) >= 11 is 0. The highest BCUT2D eigenvalue weighted by molar-refractivity contribution is 5.96. The fraction of sp³-hybridized carbons (Fsp3) is 0.267. The highest BCUT2D eigenvalue weighted by Gasteiger charge is 2.32. The molecule has 1 unspecified atom stereocenters. The first-order valence-electron chi connectivity index (χ1n) is 6.80. The van der Waals surface area contributed by atoms with Crippen molar-refractivity contribution in [1.82, 2.24) is 14.9 Å². The van der Waals surface area contributed by atoms with Gasteiger partial charge in [0.1, 0.15) is 5.82 Å². The predicted octanol–water partition coefficient (Wildman–Crippen LogP) is 2.09. The van der Waals surface area contributed by atoms with E-state index in [1.54, 1.807) is 29.4 Å². The van der Waals surface area contributed by atoms with Gasteiger partial charge in [0.15, 0.2) is 0 Å². The van der Waals surface area contributed by atoms with Gasteiger partial charge in [-0.2, -0.15) is 0 Å². The molecule has 6 nitrogen and oxygen atoms in total. The van der Waals surface area contributed by atoms with E-state index in [1.807, 2.05) is 0 Å². The molecule has 2 N–H and O–H groups in total. The Kier molecular flexibility index (Phi) is 3.43. The molecule has 0 bridgehead atoms. The van der Waals surface area contributed by atoms with E-state index in [0.29, 0.717) is 12.1 Å². The van der Waals surface area contributed by atoms with E-state index in [9.17, 15) is 9.59 Å². The third-order valence-corrected chi connectivity index (χ3v) is 3.73. The molecule has 21 heavy (non-hydrogen) atoms. The number of likely N-dealkylation sites (tertiary alicyclic amines) is 1. The number of aromatic nitrogens is 2. The number of imidazole rings is 1. The van der Waals surface area contributed by atoms with E-state index in [1.165, 1.54) is 12.1 Å². The summed E-state index contributed by atoms with van der Waals surface area (Å²) in [4.78, 5) is 32.5. The molecular weight excluding hydrogens is 270 g/mol. The highest BCUT2D eigenvalue weighted by atomic mass is 16.4. The van der Waals surface area contributed by atoms with Gasteiger partial charge in [-0.25, -0.2) is 9.78 Å². The van der Waals surface area contributed by atoms with E-state index < -0.39 is 5.97 Å². The lowest BCUT2D eigenvalue weighted by molar-refractivity contribution is 0.0692. The average Bonchev–Trinajstić information content (AvgIpc) is 3.17. The van der Waals surface area contributed by atoms with Crippen molar-refractivity contribution < 1.29 is 14.7 Å². The van der Waals surface area contributed by atoms with Crippen LogP contribution < -0.4 is 0 Å². The number of aromatic amines is 1. The summed E-state index contributed by atoms with van der Waals surface area (Å²) in [5, 5.41) is 8.89. The van der Waals surface area contributed by atoms with E-state index in [2.05, 4.69) is 9.97 Å². The SMILES string of the molecule is O=C(O)c1ccc(C(=O)N2CCCC2c2ncc[nH]2)cc1. The number of aromatic carboxylic acids is 1. The van der Waals surface area contributed by atoms with Gasteiger partial charge in [-0.3, -0.25) is 4.79 Å². The molecule has 108 valence electrons. The van der Waals surface area contributed by atoms with E-state index in [4.69, 9.17) is 5.11 Å². The fourth-order valence-electron chi connectivity index (χ4n) is 2.67. The van der Waals surface area contributed by atoms with Crippen molar-refractivity contribution in [3.63, 3.8) is 0 Å². The maximum absolute atomic E-state index is 12.6. The van der Waals surface area contributed by atoms with Crippen LogP contribution in [0.15, 0.2) is 36.7 Å². The summed E-state index contributed by atoms with van der Waals surface area (Å²) in [5.74, 6) is -0.294. The van der Waals surface area contributed by atoms with Crippen molar-refractivity contribution >= 4 is 11.9 Å².